The number of nitrogens with one attached hydrogen (secondary N) is 1. The third-order valence-corrected chi connectivity index (χ3v) is 6.48. The standard InChI is InChI=1S/C19H23N3O4S/c1-11-10-14(26-21-11)13-7-5-9-22(13)19(24)20-17-16(18(23)25-2)12-6-3-4-8-15(12)27-17/h10,13H,3-9H2,1-2H3,(H,20,24)/t13-/m0/s1. The van der Waals surface area contributed by atoms with Crippen molar-refractivity contribution in [3.63, 3.8) is 0 Å². The van der Waals surface area contributed by atoms with E-state index in [0.29, 0.717) is 22.9 Å². The van der Waals surface area contributed by atoms with Crippen LogP contribution in [0, 0.1) is 6.92 Å². The number of aromatic nitrogens is 1. The van der Waals surface area contributed by atoms with E-state index >= 15 is 0 Å². The maximum atomic E-state index is 13.0. The van der Waals surface area contributed by atoms with Gasteiger partial charge in [-0.05, 0) is 51.0 Å². The highest BCUT2D eigenvalue weighted by molar-refractivity contribution is 7.17. The molecule has 2 aromatic heterocycles. The van der Waals surface area contributed by atoms with E-state index in [1.54, 1.807) is 4.90 Å². The summed E-state index contributed by atoms with van der Waals surface area (Å²) in [5.41, 5.74) is 2.37. The Balaban J connectivity index is 1.59. The summed E-state index contributed by atoms with van der Waals surface area (Å²) in [5.74, 6) is 0.326. The Morgan fingerprint density at radius 1 is 1.33 bits per heavy atom. The molecule has 0 aromatic carbocycles. The van der Waals surface area contributed by atoms with Crippen LogP contribution in [0.1, 0.15) is 64.0 Å². The number of nitrogens with zero attached hydrogens (tertiary/aromatic N) is 2. The Labute approximate surface area is 161 Å². The summed E-state index contributed by atoms with van der Waals surface area (Å²) in [6, 6.07) is 1.54. The molecule has 3 heterocycles. The molecule has 0 unspecified atom stereocenters. The number of hydrogen-bond donors (Lipinski definition) is 1. The van der Waals surface area contributed by atoms with Crippen LogP contribution in [0.4, 0.5) is 9.80 Å². The topological polar surface area (TPSA) is 84.7 Å². The summed E-state index contributed by atoms with van der Waals surface area (Å²) < 4.78 is 10.4. The van der Waals surface area contributed by atoms with Crippen LogP contribution in [0.5, 0.6) is 0 Å². The van der Waals surface area contributed by atoms with Crippen LogP contribution in [0.25, 0.3) is 0 Å². The summed E-state index contributed by atoms with van der Waals surface area (Å²) in [5, 5.41) is 7.51. The predicted octanol–water partition coefficient (Wildman–Crippen LogP) is 4.08. The minimum Gasteiger partial charge on any atom is -0.465 e. The molecule has 2 aliphatic rings. The Kier molecular flexibility index (Phi) is 4.90. The summed E-state index contributed by atoms with van der Waals surface area (Å²) >= 11 is 1.50. The van der Waals surface area contributed by atoms with E-state index in [1.165, 1.54) is 23.3 Å². The molecule has 8 heteroatoms. The number of urea groups is 1. The molecule has 7 nitrogen and oxygen atoms in total. The zero-order chi connectivity index (χ0) is 19.0. The fourth-order valence-electron chi connectivity index (χ4n) is 3.99. The van der Waals surface area contributed by atoms with Crippen molar-refractivity contribution in [2.24, 2.45) is 0 Å². The van der Waals surface area contributed by atoms with Gasteiger partial charge in [0.2, 0.25) is 0 Å². The highest BCUT2D eigenvalue weighted by atomic mass is 32.1. The van der Waals surface area contributed by atoms with Crippen LogP contribution < -0.4 is 5.32 Å². The van der Waals surface area contributed by atoms with Gasteiger partial charge in [0.05, 0.1) is 24.4 Å². The van der Waals surface area contributed by atoms with Crippen molar-refractivity contribution < 1.29 is 18.8 Å². The van der Waals surface area contributed by atoms with E-state index in [1.807, 2.05) is 13.0 Å². The van der Waals surface area contributed by atoms with Crippen LogP contribution in [0.2, 0.25) is 0 Å². The number of fused-ring (bicyclic) bond motifs is 1. The number of likely N-dealkylation sites (tertiary alicyclic amines) is 1. The van der Waals surface area contributed by atoms with Gasteiger partial charge in [-0.1, -0.05) is 5.16 Å². The number of carbonyl (C=O) groups is 2. The SMILES string of the molecule is COC(=O)c1c(NC(=O)N2CCC[C@H]2c2cc(C)no2)sc2c1CCCC2. The number of ether oxygens (including phenoxy) is 1. The first-order chi connectivity index (χ1) is 13.1. The normalized spacial score (nSPS) is 19.0. The van der Waals surface area contributed by atoms with E-state index in [-0.39, 0.29) is 18.0 Å². The van der Waals surface area contributed by atoms with Crippen molar-refractivity contribution in [1.82, 2.24) is 10.1 Å². The molecule has 1 atom stereocenters. The first-order valence-corrected chi connectivity index (χ1v) is 10.1. The maximum Gasteiger partial charge on any atom is 0.341 e. The lowest BCUT2D eigenvalue weighted by atomic mass is 9.95. The molecule has 4 rings (SSSR count). The predicted molar refractivity (Wildman–Crippen MR) is 101 cm³/mol. The molecule has 1 aliphatic heterocycles. The Bertz CT molecular complexity index is 872. The van der Waals surface area contributed by atoms with E-state index in [9.17, 15) is 9.59 Å². The zero-order valence-corrected chi connectivity index (χ0v) is 16.4. The van der Waals surface area contributed by atoms with Gasteiger partial charge in [-0.15, -0.1) is 11.3 Å². The van der Waals surface area contributed by atoms with E-state index in [4.69, 9.17) is 9.26 Å². The molecular formula is C19H23N3O4S. The van der Waals surface area contributed by atoms with Crippen molar-refractivity contribution in [1.29, 1.82) is 0 Å². The lowest BCUT2D eigenvalue weighted by Gasteiger charge is -2.22. The van der Waals surface area contributed by atoms with Crippen LogP contribution >= 0.6 is 11.3 Å². The van der Waals surface area contributed by atoms with E-state index in [0.717, 1.165) is 49.8 Å². The molecule has 1 saturated heterocycles. The maximum absolute atomic E-state index is 13.0. The van der Waals surface area contributed by atoms with Crippen LogP contribution in [0.3, 0.4) is 0 Å². The fourth-order valence-corrected chi connectivity index (χ4v) is 5.25. The molecule has 1 aliphatic carbocycles. The Hall–Kier alpha value is -2.35. The van der Waals surface area contributed by atoms with Gasteiger partial charge in [0.25, 0.3) is 0 Å². The Morgan fingerprint density at radius 2 is 2.15 bits per heavy atom. The summed E-state index contributed by atoms with van der Waals surface area (Å²) in [6.07, 6.45) is 5.72. The minimum atomic E-state index is -0.381. The van der Waals surface area contributed by atoms with Gasteiger partial charge in [0.15, 0.2) is 5.76 Å². The van der Waals surface area contributed by atoms with Crippen LogP contribution in [-0.2, 0) is 17.6 Å². The van der Waals surface area contributed by atoms with Crippen molar-refractivity contribution in [2.75, 3.05) is 19.0 Å². The van der Waals surface area contributed by atoms with Gasteiger partial charge >= 0.3 is 12.0 Å². The lowest BCUT2D eigenvalue weighted by molar-refractivity contribution is 0.0601. The minimum absolute atomic E-state index is 0.123. The monoisotopic (exact) mass is 389 g/mol. The number of methoxy groups -OCH3 is 1. The highest BCUT2D eigenvalue weighted by Crippen LogP contribution is 2.39. The molecule has 0 bridgehead atoms. The van der Waals surface area contributed by atoms with Gasteiger partial charge in [-0.2, -0.15) is 0 Å². The van der Waals surface area contributed by atoms with Crippen molar-refractivity contribution in [3.8, 4) is 0 Å². The Morgan fingerprint density at radius 3 is 2.89 bits per heavy atom. The fraction of sp³-hybridized carbons (Fsp3) is 0.526. The molecule has 2 aromatic rings. The molecule has 27 heavy (non-hydrogen) atoms. The number of aryl methyl sites for hydroxylation is 2. The van der Waals surface area contributed by atoms with E-state index in [2.05, 4.69) is 10.5 Å². The van der Waals surface area contributed by atoms with Gasteiger partial charge in [-0.25, -0.2) is 9.59 Å². The second-order valence-corrected chi connectivity index (χ2v) is 8.16. The molecule has 0 saturated carbocycles. The highest BCUT2D eigenvalue weighted by Gasteiger charge is 2.34. The number of esters is 1. The van der Waals surface area contributed by atoms with Crippen molar-refractivity contribution in [2.45, 2.75) is 51.5 Å². The summed E-state index contributed by atoms with van der Waals surface area (Å²) in [6.45, 7) is 2.51. The lowest BCUT2D eigenvalue weighted by Crippen LogP contribution is -2.34. The van der Waals surface area contributed by atoms with Crippen LogP contribution in [-0.4, -0.2) is 35.7 Å². The summed E-state index contributed by atoms with van der Waals surface area (Å²) in [7, 11) is 1.38. The van der Waals surface area contributed by atoms with Crippen molar-refractivity contribution >= 4 is 28.3 Å². The third-order valence-electron chi connectivity index (χ3n) is 5.27. The second kappa shape index (κ2) is 7.34. The van der Waals surface area contributed by atoms with E-state index < -0.39 is 0 Å². The molecule has 1 fully saturated rings. The number of thiophene rings is 1. The van der Waals surface area contributed by atoms with Gasteiger partial charge in [0, 0.05) is 17.5 Å². The first-order valence-electron chi connectivity index (χ1n) is 9.32. The van der Waals surface area contributed by atoms with Gasteiger partial charge in [0.1, 0.15) is 5.00 Å². The molecular weight excluding hydrogens is 366 g/mol. The van der Waals surface area contributed by atoms with Gasteiger partial charge in [-0.3, -0.25) is 5.32 Å². The number of amides is 2. The summed E-state index contributed by atoms with van der Waals surface area (Å²) in [4.78, 5) is 28.3. The molecule has 144 valence electrons. The van der Waals surface area contributed by atoms with Crippen LogP contribution in [0.15, 0.2) is 10.6 Å². The molecule has 2 amide bonds. The number of anilines is 1. The first kappa shape index (κ1) is 18.0. The second-order valence-electron chi connectivity index (χ2n) is 7.06. The number of rotatable bonds is 3. The largest absolute Gasteiger partial charge is 0.465 e. The number of carbonyl (C=O) groups excluding carboxylic acids is 2. The average molecular weight is 389 g/mol. The molecule has 0 radical (unpaired) electrons. The third kappa shape index (κ3) is 3.34. The average Bonchev–Trinajstić information content (AvgIpc) is 3.38. The quantitative estimate of drug-likeness (QED) is 0.800. The van der Waals surface area contributed by atoms with Gasteiger partial charge < -0.3 is 14.2 Å². The zero-order valence-electron chi connectivity index (χ0n) is 15.5. The van der Waals surface area contributed by atoms with Crippen molar-refractivity contribution in [3.05, 3.63) is 33.5 Å². The smallest absolute Gasteiger partial charge is 0.341 e. The number of hydrogen-bond acceptors (Lipinski definition) is 6. The molecule has 0 spiro atoms. The molecule has 1 N–H and O–H groups in total.